The zero-order chi connectivity index (χ0) is 26.5. The van der Waals surface area contributed by atoms with E-state index >= 15 is 0 Å². The maximum atomic E-state index is 13.2. The summed E-state index contributed by atoms with van der Waals surface area (Å²) in [5.74, 6) is -0.511. The predicted octanol–water partition coefficient (Wildman–Crippen LogP) is 4.74. The number of aryl methyl sites for hydroxylation is 1. The molecule has 0 bridgehead atoms. The van der Waals surface area contributed by atoms with Crippen molar-refractivity contribution in [3.8, 4) is 5.75 Å². The molecule has 3 rings (SSSR count). The van der Waals surface area contributed by atoms with Crippen LogP contribution in [0.2, 0.25) is 0 Å². The maximum absolute atomic E-state index is 13.2. The number of hydrogen-bond donors (Lipinski definition) is 1. The van der Waals surface area contributed by atoms with Crippen LogP contribution < -0.4 is 9.46 Å². The van der Waals surface area contributed by atoms with Crippen LogP contribution in [0.3, 0.4) is 0 Å². The average molecular weight is 512 g/mol. The van der Waals surface area contributed by atoms with Gasteiger partial charge in [0.05, 0.1) is 12.5 Å². The van der Waals surface area contributed by atoms with Crippen molar-refractivity contribution in [3.05, 3.63) is 71.8 Å². The summed E-state index contributed by atoms with van der Waals surface area (Å²) >= 11 is 0. The van der Waals surface area contributed by atoms with Crippen LogP contribution in [-0.2, 0) is 30.8 Å². The van der Waals surface area contributed by atoms with Crippen LogP contribution in [0.5, 0.6) is 5.75 Å². The summed E-state index contributed by atoms with van der Waals surface area (Å²) in [6.45, 7) is 9.01. The Balaban J connectivity index is 1.78. The van der Waals surface area contributed by atoms with Gasteiger partial charge in [0.2, 0.25) is 10.0 Å². The standard InChI is InChI=1S/C28H33NO6S/c1-19-14-15-21-10-6-7-11-23(21)24(19)16-20(2)34-25-12-8-9-13-26(25)36(32,33)29-22(18-30)17-27(31)35-28(3,4)5/h6-15,18,20,22,29H,16-17H2,1-5H3/t20?,22-/m0/s1. The summed E-state index contributed by atoms with van der Waals surface area (Å²) in [4.78, 5) is 23.6. The molecule has 3 aromatic rings. The molecule has 0 aliphatic rings. The molecule has 0 aliphatic carbocycles. The Labute approximate surface area is 212 Å². The first-order valence-electron chi connectivity index (χ1n) is 11.8. The van der Waals surface area contributed by atoms with E-state index in [0.29, 0.717) is 12.7 Å². The van der Waals surface area contributed by atoms with Gasteiger partial charge in [-0.15, -0.1) is 0 Å². The summed E-state index contributed by atoms with van der Waals surface area (Å²) in [5, 5.41) is 2.26. The van der Waals surface area contributed by atoms with Crippen LogP contribution in [-0.4, -0.2) is 38.4 Å². The topological polar surface area (TPSA) is 98.8 Å². The number of hydrogen-bond acceptors (Lipinski definition) is 6. The zero-order valence-electron chi connectivity index (χ0n) is 21.3. The van der Waals surface area contributed by atoms with E-state index in [1.54, 1.807) is 39.0 Å². The lowest BCUT2D eigenvalue weighted by Crippen LogP contribution is -2.39. The molecule has 0 spiro atoms. The summed E-state index contributed by atoms with van der Waals surface area (Å²) in [7, 11) is -4.17. The average Bonchev–Trinajstić information content (AvgIpc) is 2.79. The van der Waals surface area contributed by atoms with Gasteiger partial charge in [0.25, 0.3) is 0 Å². The number of fused-ring (bicyclic) bond motifs is 1. The van der Waals surface area contributed by atoms with Crippen molar-refractivity contribution < 1.29 is 27.5 Å². The number of para-hydroxylation sites is 1. The predicted molar refractivity (Wildman–Crippen MR) is 140 cm³/mol. The van der Waals surface area contributed by atoms with E-state index in [0.717, 1.165) is 21.9 Å². The van der Waals surface area contributed by atoms with E-state index in [1.165, 1.54) is 6.07 Å². The first-order chi connectivity index (χ1) is 16.9. The van der Waals surface area contributed by atoms with E-state index in [-0.39, 0.29) is 16.7 Å². The molecule has 192 valence electrons. The molecule has 2 atom stereocenters. The highest BCUT2D eigenvalue weighted by Gasteiger charge is 2.27. The summed E-state index contributed by atoms with van der Waals surface area (Å²) < 4.78 is 39.9. The Morgan fingerprint density at radius 3 is 2.39 bits per heavy atom. The zero-order valence-corrected chi connectivity index (χ0v) is 22.1. The Bertz CT molecular complexity index is 1340. The SMILES string of the molecule is Cc1ccc2ccccc2c1CC(C)Oc1ccccc1S(=O)(=O)N[C@H](C=O)CC(=O)OC(C)(C)C. The molecule has 0 aliphatic heterocycles. The van der Waals surface area contributed by atoms with Crippen molar-refractivity contribution in [1.29, 1.82) is 0 Å². The first-order valence-corrected chi connectivity index (χ1v) is 13.3. The summed E-state index contributed by atoms with van der Waals surface area (Å²) in [6.07, 6.45) is 0.204. The van der Waals surface area contributed by atoms with Crippen molar-refractivity contribution in [2.24, 2.45) is 0 Å². The third kappa shape index (κ3) is 7.15. The smallest absolute Gasteiger partial charge is 0.308 e. The van der Waals surface area contributed by atoms with Gasteiger partial charge in [-0.05, 0) is 68.7 Å². The molecule has 3 aromatic carbocycles. The van der Waals surface area contributed by atoms with Gasteiger partial charge in [-0.3, -0.25) is 4.79 Å². The second kappa shape index (κ2) is 11.2. The lowest BCUT2D eigenvalue weighted by Gasteiger charge is -2.22. The molecule has 1 N–H and O–H groups in total. The van der Waals surface area contributed by atoms with Gasteiger partial charge in [0, 0.05) is 6.42 Å². The highest BCUT2D eigenvalue weighted by molar-refractivity contribution is 7.89. The number of nitrogens with one attached hydrogen (secondary N) is 1. The first kappa shape index (κ1) is 27.4. The van der Waals surface area contributed by atoms with E-state index in [9.17, 15) is 18.0 Å². The second-order valence-corrected chi connectivity index (χ2v) is 11.5. The molecule has 0 amide bonds. The monoisotopic (exact) mass is 511 g/mol. The normalized spacial score (nSPS) is 13.7. The fraction of sp³-hybridized carbons (Fsp3) is 0.357. The Morgan fingerprint density at radius 2 is 1.69 bits per heavy atom. The van der Waals surface area contributed by atoms with Gasteiger partial charge in [-0.1, -0.05) is 48.5 Å². The fourth-order valence-electron chi connectivity index (χ4n) is 3.97. The van der Waals surface area contributed by atoms with Crippen LogP contribution >= 0.6 is 0 Å². The van der Waals surface area contributed by atoms with Crippen LogP contribution in [0.25, 0.3) is 10.8 Å². The van der Waals surface area contributed by atoms with Gasteiger partial charge in [-0.25, -0.2) is 13.1 Å². The minimum absolute atomic E-state index is 0.109. The molecule has 0 aromatic heterocycles. The molecule has 7 nitrogen and oxygen atoms in total. The summed E-state index contributed by atoms with van der Waals surface area (Å²) in [6, 6.07) is 17.2. The molecule has 0 saturated heterocycles. The van der Waals surface area contributed by atoms with Crippen LogP contribution in [0.4, 0.5) is 0 Å². The molecular formula is C28H33NO6S. The van der Waals surface area contributed by atoms with Crippen molar-refractivity contribution in [2.45, 2.75) is 70.1 Å². The van der Waals surface area contributed by atoms with E-state index in [1.807, 2.05) is 26.0 Å². The van der Waals surface area contributed by atoms with Crippen molar-refractivity contribution >= 4 is 33.1 Å². The molecule has 36 heavy (non-hydrogen) atoms. The molecule has 1 unspecified atom stereocenters. The van der Waals surface area contributed by atoms with Crippen LogP contribution in [0.1, 0.15) is 45.2 Å². The molecule has 8 heteroatoms. The second-order valence-electron chi connectivity index (χ2n) is 9.82. The van der Waals surface area contributed by atoms with E-state index in [4.69, 9.17) is 9.47 Å². The van der Waals surface area contributed by atoms with E-state index in [2.05, 4.69) is 29.0 Å². The Kier molecular flexibility index (Phi) is 8.53. The molecule has 0 radical (unpaired) electrons. The van der Waals surface area contributed by atoms with Gasteiger partial charge >= 0.3 is 5.97 Å². The van der Waals surface area contributed by atoms with Gasteiger partial charge < -0.3 is 14.3 Å². The largest absolute Gasteiger partial charge is 0.489 e. The number of benzene rings is 3. The highest BCUT2D eigenvalue weighted by atomic mass is 32.2. The number of esters is 1. The fourth-order valence-corrected chi connectivity index (χ4v) is 5.28. The molecule has 0 fully saturated rings. The number of sulfonamides is 1. The minimum atomic E-state index is -4.17. The lowest BCUT2D eigenvalue weighted by molar-refractivity contribution is -0.155. The third-order valence-electron chi connectivity index (χ3n) is 5.51. The quantitative estimate of drug-likeness (QED) is 0.312. The third-order valence-corrected chi connectivity index (χ3v) is 7.04. The number of aldehydes is 1. The number of carbonyl (C=O) groups excluding carboxylic acids is 2. The molecule has 0 saturated carbocycles. The van der Waals surface area contributed by atoms with Gasteiger partial charge in [-0.2, -0.15) is 0 Å². The van der Waals surface area contributed by atoms with Crippen molar-refractivity contribution in [3.63, 3.8) is 0 Å². The van der Waals surface area contributed by atoms with Crippen molar-refractivity contribution in [2.75, 3.05) is 0 Å². The van der Waals surface area contributed by atoms with Crippen LogP contribution in [0.15, 0.2) is 65.6 Å². The number of carbonyl (C=O) groups is 2. The number of ether oxygens (including phenoxy) is 2. The van der Waals surface area contributed by atoms with E-state index < -0.39 is 34.1 Å². The lowest BCUT2D eigenvalue weighted by atomic mass is 9.96. The van der Waals surface area contributed by atoms with Crippen molar-refractivity contribution in [1.82, 2.24) is 4.72 Å². The molecular weight excluding hydrogens is 478 g/mol. The Hall–Kier alpha value is -3.23. The van der Waals surface area contributed by atoms with Gasteiger partial charge in [0.15, 0.2) is 0 Å². The van der Waals surface area contributed by atoms with Crippen LogP contribution in [0, 0.1) is 6.92 Å². The number of rotatable bonds is 10. The minimum Gasteiger partial charge on any atom is -0.489 e. The molecule has 0 heterocycles. The summed E-state index contributed by atoms with van der Waals surface area (Å²) in [5.41, 5.74) is 1.52. The van der Waals surface area contributed by atoms with Gasteiger partial charge in [0.1, 0.15) is 28.6 Å². The maximum Gasteiger partial charge on any atom is 0.308 e. The Morgan fingerprint density at radius 1 is 1.03 bits per heavy atom. The highest BCUT2D eigenvalue weighted by Crippen LogP contribution is 2.28.